The van der Waals surface area contributed by atoms with E-state index < -0.39 is 4.92 Å². The van der Waals surface area contributed by atoms with Crippen LogP contribution in [0.15, 0.2) is 42.5 Å². The van der Waals surface area contributed by atoms with E-state index in [1.807, 2.05) is 24.3 Å². The van der Waals surface area contributed by atoms with Crippen LogP contribution >= 0.6 is 0 Å². The van der Waals surface area contributed by atoms with Crippen molar-refractivity contribution < 1.29 is 14.4 Å². The largest absolute Gasteiger partial charge is 0.497 e. The highest BCUT2D eigenvalue weighted by Gasteiger charge is 2.11. The molecular formula is C15H16N2O4. The molecule has 0 amide bonds. The Morgan fingerprint density at radius 3 is 2.62 bits per heavy atom. The van der Waals surface area contributed by atoms with Gasteiger partial charge in [0.25, 0.3) is 5.69 Å². The van der Waals surface area contributed by atoms with Crippen LogP contribution in [0.3, 0.4) is 0 Å². The lowest BCUT2D eigenvalue weighted by Crippen LogP contribution is -2.02. The Morgan fingerprint density at radius 2 is 1.95 bits per heavy atom. The molecule has 0 saturated heterocycles. The maximum Gasteiger partial charge on any atom is 0.271 e. The van der Waals surface area contributed by atoms with E-state index in [2.05, 4.69) is 5.32 Å². The van der Waals surface area contributed by atoms with Gasteiger partial charge in [-0.2, -0.15) is 0 Å². The topological polar surface area (TPSA) is 73.6 Å². The van der Waals surface area contributed by atoms with Crippen molar-refractivity contribution in [3.63, 3.8) is 0 Å². The van der Waals surface area contributed by atoms with Gasteiger partial charge in [0.1, 0.15) is 11.5 Å². The van der Waals surface area contributed by atoms with Crippen LogP contribution in [0.2, 0.25) is 0 Å². The SMILES string of the molecule is COc1cccc(CNc2cc([N+](=O)[O-])ccc2OC)c1. The monoisotopic (exact) mass is 288 g/mol. The number of nitrogens with zero attached hydrogens (tertiary/aromatic N) is 1. The number of rotatable bonds is 6. The van der Waals surface area contributed by atoms with Crippen molar-refractivity contribution in [3.8, 4) is 11.5 Å². The third-order valence-corrected chi connectivity index (χ3v) is 3.01. The number of anilines is 1. The quantitative estimate of drug-likeness (QED) is 0.652. The summed E-state index contributed by atoms with van der Waals surface area (Å²) in [5, 5.41) is 14.0. The second kappa shape index (κ2) is 6.60. The molecule has 0 saturated carbocycles. The number of methoxy groups -OCH3 is 2. The van der Waals surface area contributed by atoms with E-state index in [9.17, 15) is 10.1 Å². The highest BCUT2D eigenvalue weighted by Crippen LogP contribution is 2.29. The van der Waals surface area contributed by atoms with Gasteiger partial charge in [-0.25, -0.2) is 0 Å². The molecule has 110 valence electrons. The standard InChI is InChI=1S/C15H16N2O4/c1-20-13-5-3-4-11(8-13)10-16-14-9-12(17(18)19)6-7-15(14)21-2/h3-9,16H,10H2,1-2H3. The molecule has 21 heavy (non-hydrogen) atoms. The number of hydrogen-bond acceptors (Lipinski definition) is 5. The summed E-state index contributed by atoms with van der Waals surface area (Å²) in [6.07, 6.45) is 0. The van der Waals surface area contributed by atoms with Crippen molar-refractivity contribution in [2.45, 2.75) is 6.54 Å². The zero-order chi connectivity index (χ0) is 15.2. The summed E-state index contributed by atoms with van der Waals surface area (Å²) in [7, 11) is 3.13. The Hall–Kier alpha value is -2.76. The Morgan fingerprint density at radius 1 is 1.14 bits per heavy atom. The summed E-state index contributed by atoms with van der Waals surface area (Å²) >= 11 is 0. The van der Waals surface area contributed by atoms with Crippen LogP contribution in [0.25, 0.3) is 0 Å². The van der Waals surface area contributed by atoms with E-state index >= 15 is 0 Å². The van der Waals surface area contributed by atoms with Gasteiger partial charge in [-0.05, 0) is 23.8 Å². The average molecular weight is 288 g/mol. The summed E-state index contributed by atoms with van der Waals surface area (Å²) in [5.41, 5.74) is 1.60. The van der Waals surface area contributed by atoms with Gasteiger partial charge < -0.3 is 14.8 Å². The predicted molar refractivity (Wildman–Crippen MR) is 80.0 cm³/mol. The van der Waals surface area contributed by atoms with E-state index in [0.29, 0.717) is 18.0 Å². The minimum atomic E-state index is -0.434. The molecule has 0 atom stereocenters. The molecule has 6 nitrogen and oxygen atoms in total. The van der Waals surface area contributed by atoms with Crippen molar-refractivity contribution >= 4 is 11.4 Å². The molecule has 2 rings (SSSR count). The summed E-state index contributed by atoms with van der Waals surface area (Å²) < 4.78 is 10.4. The highest BCUT2D eigenvalue weighted by atomic mass is 16.6. The lowest BCUT2D eigenvalue weighted by Gasteiger charge is -2.11. The Balaban J connectivity index is 2.17. The summed E-state index contributed by atoms with van der Waals surface area (Å²) in [6, 6.07) is 12.0. The average Bonchev–Trinajstić information content (AvgIpc) is 2.52. The fourth-order valence-corrected chi connectivity index (χ4v) is 1.93. The predicted octanol–water partition coefficient (Wildman–Crippen LogP) is 3.22. The van der Waals surface area contributed by atoms with E-state index in [1.54, 1.807) is 13.2 Å². The lowest BCUT2D eigenvalue weighted by molar-refractivity contribution is -0.384. The van der Waals surface area contributed by atoms with Gasteiger partial charge in [0, 0.05) is 18.7 Å². The Kier molecular flexibility index (Phi) is 4.61. The summed E-state index contributed by atoms with van der Waals surface area (Å²) in [4.78, 5) is 10.4. The minimum Gasteiger partial charge on any atom is -0.497 e. The smallest absolute Gasteiger partial charge is 0.271 e. The van der Waals surface area contributed by atoms with Crippen LogP contribution in [-0.2, 0) is 6.54 Å². The number of non-ortho nitro benzene ring substituents is 1. The summed E-state index contributed by atoms with van der Waals surface area (Å²) in [6.45, 7) is 0.509. The second-order valence-electron chi connectivity index (χ2n) is 4.35. The molecular weight excluding hydrogens is 272 g/mol. The number of nitro benzene ring substituents is 1. The highest BCUT2D eigenvalue weighted by molar-refractivity contribution is 5.61. The van der Waals surface area contributed by atoms with Gasteiger partial charge in [-0.1, -0.05) is 12.1 Å². The van der Waals surface area contributed by atoms with Gasteiger partial charge in [0.2, 0.25) is 0 Å². The maximum absolute atomic E-state index is 10.8. The lowest BCUT2D eigenvalue weighted by atomic mass is 10.2. The van der Waals surface area contributed by atoms with E-state index in [0.717, 1.165) is 11.3 Å². The van der Waals surface area contributed by atoms with Crippen LogP contribution in [0, 0.1) is 10.1 Å². The Bertz CT molecular complexity index is 643. The Labute approximate surface area is 122 Å². The molecule has 0 radical (unpaired) electrons. The van der Waals surface area contributed by atoms with Gasteiger partial charge in [-0.15, -0.1) is 0 Å². The fourth-order valence-electron chi connectivity index (χ4n) is 1.93. The number of nitrogens with one attached hydrogen (secondary N) is 1. The molecule has 6 heteroatoms. The molecule has 0 aromatic heterocycles. The first-order valence-corrected chi connectivity index (χ1v) is 6.33. The van der Waals surface area contributed by atoms with Crippen LogP contribution in [0.5, 0.6) is 11.5 Å². The minimum absolute atomic E-state index is 0.0175. The zero-order valence-electron chi connectivity index (χ0n) is 11.8. The number of ether oxygens (including phenoxy) is 2. The molecule has 0 spiro atoms. The van der Waals surface area contributed by atoms with Crippen LogP contribution in [0.1, 0.15) is 5.56 Å². The molecule has 0 fully saturated rings. The molecule has 0 unspecified atom stereocenters. The number of hydrogen-bond donors (Lipinski definition) is 1. The normalized spacial score (nSPS) is 10.0. The summed E-state index contributed by atoms with van der Waals surface area (Å²) in [5.74, 6) is 1.32. The molecule has 0 aliphatic heterocycles. The van der Waals surface area contributed by atoms with Crippen LogP contribution < -0.4 is 14.8 Å². The number of nitro groups is 1. The molecule has 0 aliphatic carbocycles. The molecule has 2 aromatic rings. The van der Waals surface area contributed by atoms with Crippen LogP contribution in [0.4, 0.5) is 11.4 Å². The van der Waals surface area contributed by atoms with Crippen molar-refractivity contribution in [2.24, 2.45) is 0 Å². The first-order valence-electron chi connectivity index (χ1n) is 6.33. The van der Waals surface area contributed by atoms with E-state index in [-0.39, 0.29) is 5.69 Å². The van der Waals surface area contributed by atoms with Gasteiger partial charge in [0.05, 0.1) is 24.8 Å². The van der Waals surface area contributed by atoms with Gasteiger partial charge in [0.15, 0.2) is 0 Å². The van der Waals surface area contributed by atoms with Crippen molar-refractivity contribution in [2.75, 3.05) is 19.5 Å². The van der Waals surface area contributed by atoms with E-state index in [1.165, 1.54) is 19.2 Å². The molecule has 2 aromatic carbocycles. The molecule has 0 bridgehead atoms. The number of benzene rings is 2. The van der Waals surface area contributed by atoms with Crippen LogP contribution in [-0.4, -0.2) is 19.1 Å². The second-order valence-corrected chi connectivity index (χ2v) is 4.35. The van der Waals surface area contributed by atoms with Gasteiger partial charge in [-0.3, -0.25) is 10.1 Å². The molecule has 1 N–H and O–H groups in total. The third kappa shape index (κ3) is 3.62. The van der Waals surface area contributed by atoms with Crippen molar-refractivity contribution in [1.29, 1.82) is 0 Å². The molecule has 0 heterocycles. The van der Waals surface area contributed by atoms with E-state index in [4.69, 9.17) is 9.47 Å². The molecule has 0 aliphatic rings. The maximum atomic E-state index is 10.8. The van der Waals surface area contributed by atoms with Gasteiger partial charge >= 0.3 is 0 Å². The third-order valence-electron chi connectivity index (χ3n) is 3.01. The van der Waals surface area contributed by atoms with Crippen molar-refractivity contribution in [1.82, 2.24) is 0 Å². The fraction of sp³-hybridized carbons (Fsp3) is 0.200. The first-order chi connectivity index (χ1) is 10.1. The first kappa shape index (κ1) is 14.6. The zero-order valence-corrected chi connectivity index (χ0v) is 11.8. The van der Waals surface area contributed by atoms with Crippen molar-refractivity contribution in [3.05, 3.63) is 58.1 Å².